The maximum atomic E-state index is 11.5. The Morgan fingerprint density at radius 2 is 2.05 bits per heavy atom. The lowest BCUT2D eigenvalue weighted by atomic mass is 10.2. The predicted molar refractivity (Wildman–Crippen MR) is 70.3 cm³/mol. The summed E-state index contributed by atoms with van der Waals surface area (Å²) in [7, 11) is 3.26. The van der Waals surface area contributed by atoms with E-state index in [0.717, 1.165) is 17.7 Å². The molecule has 0 aromatic carbocycles. The molecule has 104 valence electrons. The van der Waals surface area contributed by atoms with Crippen LogP contribution in [0.4, 0.5) is 0 Å². The van der Waals surface area contributed by atoms with Crippen LogP contribution >= 0.6 is 10.7 Å². The van der Waals surface area contributed by atoms with Crippen molar-refractivity contribution in [3.05, 3.63) is 11.9 Å². The molecule has 2 aromatic rings. The summed E-state index contributed by atoms with van der Waals surface area (Å²) < 4.78 is 26.2. The van der Waals surface area contributed by atoms with Gasteiger partial charge < -0.3 is 0 Å². The third-order valence-corrected chi connectivity index (χ3v) is 4.01. The Kier molecular flexibility index (Phi) is 3.64. The molecule has 7 nitrogen and oxygen atoms in total. The van der Waals surface area contributed by atoms with Gasteiger partial charge in [-0.2, -0.15) is 5.10 Å². The summed E-state index contributed by atoms with van der Waals surface area (Å²) in [6.07, 6.45) is 2.37. The van der Waals surface area contributed by atoms with Gasteiger partial charge in [-0.05, 0) is 13.3 Å². The summed E-state index contributed by atoms with van der Waals surface area (Å²) >= 11 is 0. The molecule has 19 heavy (non-hydrogen) atoms. The number of hydrogen-bond acceptors (Lipinski definition) is 5. The first-order chi connectivity index (χ1) is 8.86. The molecule has 0 saturated carbocycles. The fourth-order valence-electron chi connectivity index (χ4n) is 1.81. The summed E-state index contributed by atoms with van der Waals surface area (Å²) in [5.74, 6) is 0.465. The van der Waals surface area contributed by atoms with E-state index in [4.69, 9.17) is 10.7 Å². The van der Waals surface area contributed by atoms with Crippen LogP contribution < -0.4 is 0 Å². The predicted octanol–water partition coefficient (Wildman–Crippen LogP) is 1.32. The number of hydrogen-bond donors (Lipinski definition) is 0. The highest BCUT2D eigenvalue weighted by atomic mass is 35.7. The van der Waals surface area contributed by atoms with Crippen molar-refractivity contribution in [1.29, 1.82) is 0 Å². The van der Waals surface area contributed by atoms with Crippen molar-refractivity contribution in [1.82, 2.24) is 24.5 Å². The number of nitrogens with zero attached hydrogens (tertiary/aromatic N) is 5. The van der Waals surface area contributed by atoms with Gasteiger partial charge in [0.1, 0.15) is 0 Å². The normalized spacial score (nSPS) is 12.0. The first-order valence-electron chi connectivity index (χ1n) is 5.73. The van der Waals surface area contributed by atoms with Crippen molar-refractivity contribution in [2.45, 2.75) is 32.0 Å². The van der Waals surface area contributed by atoms with Gasteiger partial charge >= 0.3 is 0 Å². The van der Waals surface area contributed by atoms with Crippen molar-refractivity contribution in [3.8, 4) is 11.4 Å². The lowest BCUT2D eigenvalue weighted by Gasteiger charge is -2.06. The van der Waals surface area contributed by atoms with Gasteiger partial charge in [0.15, 0.2) is 5.82 Å². The number of rotatable bonds is 4. The van der Waals surface area contributed by atoms with Crippen LogP contribution in [0.2, 0.25) is 0 Å². The fourth-order valence-corrected chi connectivity index (χ4v) is 2.73. The molecule has 0 saturated heterocycles. The fraction of sp³-hybridized carbons (Fsp3) is 0.500. The van der Waals surface area contributed by atoms with Crippen molar-refractivity contribution in [2.75, 3.05) is 0 Å². The van der Waals surface area contributed by atoms with Crippen LogP contribution in [-0.4, -0.2) is 33.0 Å². The summed E-state index contributed by atoms with van der Waals surface area (Å²) in [6.45, 7) is 4.28. The van der Waals surface area contributed by atoms with Gasteiger partial charge in [-0.25, -0.2) is 8.42 Å². The van der Waals surface area contributed by atoms with Crippen LogP contribution in [0.5, 0.6) is 0 Å². The largest absolute Gasteiger partial charge is 0.297 e. The van der Waals surface area contributed by atoms with Crippen LogP contribution in [0.1, 0.15) is 19.0 Å². The molecular weight excluding hydrogens is 290 g/mol. The molecule has 0 fully saturated rings. The van der Waals surface area contributed by atoms with E-state index < -0.39 is 9.05 Å². The third kappa shape index (κ3) is 2.50. The minimum Gasteiger partial charge on any atom is -0.297 e. The van der Waals surface area contributed by atoms with Crippen molar-refractivity contribution < 1.29 is 8.42 Å². The third-order valence-electron chi connectivity index (χ3n) is 2.86. The maximum Gasteiger partial charge on any atom is 0.296 e. The molecular formula is C10H14ClN5O2S. The van der Waals surface area contributed by atoms with Gasteiger partial charge in [-0.1, -0.05) is 6.92 Å². The molecule has 2 aromatic heterocycles. The summed E-state index contributed by atoms with van der Waals surface area (Å²) in [5, 5.41) is 11.5. The van der Waals surface area contributed by atoms with E-state index >= 15 is 0 Å². The standard InChI is InChI=1S/C10H14ClN5O2S/c1-4-5-16-9(8-6-12-15(3)7(8)2)13-14-10(16)19(11,17)18/h6H,4-5H2,1-3H3. The molecule has 0 spiro atoms. The molecule has 2 heterocycles. The first-order valence-corrected chi connectivity index (χ1v) is 8.04. The van der Waals surface area contributed by atoms with E-state index in [1.54, 1.807) is 17.9 Å². The molecule has 0 aliphatic heterocycles. The summed E-state index contributed by atoms with van der Waals surface area (Å²) in [6, 6.07) is 0. The molecule has 0 bridgehead atoms. The Labute approximate surface area is 115 Å². The molecule has 0 aliphatic carbocycles. The quantitative estimate of drug-likeness (QED) is 0.796. The molecule has 0 unspecified atom stereocenters. The zero-order chi connectivity index (χ0) is 14.2. The number of aryl methyl sites for hydroxylation is 1. The summed E-state index contributed by atoms with van der Waals surface area (Å²) in [4.78, 5) is 0. The van der Waals surface area contributed by atoms with E-state index in [1.165, 1.54) is 4.57 Å². The number of aromatic nitrogens is 5. The van der Waals surface area contributed by atoms with Gasteiger partial charge in [0, 0.05) is 30.0 Å². The SMILES string of the molecule is CCCn1c(-c2cnn(C)c2C)nnc1S(=O)(=O)Cl. The average Bonchev–Trinajstić information content (AvgIpc) is 2.85. The zero-order valence-corrected chi connectivity index (χ0v) is 12.4. The maximum absolute atomic E-state index is 11.5. The molecule has 0 radical (unpaired) electrons. The Morgan fingerprint density at radius 3 is 2.53 bits per heavy atom. The van der Waals surface area contributed by atoms with E-state index in [1.807, 2.05) is 13.8 Å². The molecule has 9 heteroatoms. The van der Waals surface area contributed by atoms with Crippen molar-refractivity contribution in [3.63, 3.8) is 0 Å². The van der Waals surface area contributed by atoms with Crippen molar-refractivity contribution in [2.24, 2.45) is 7.05 Å². The topological polar surface area (TPSA) is 82.7 Å². The van der Waals surface area contributed by atoms with Gasteiger partial charge in [0.25, 0.3) is 14.2 Å². The van der Waals surface area contributed by atoms with Crippen LogP contribution in [0.15, 0.2) is 11.4 Å². The molecule has 0 amide bonds. The van der Waals surface area contributed by atoms with Gasteiger partial charge in [0.2, 0.25) is 0 Å². The van der Waals surface area contributed by atoms with Gasteiger partial charge in [0.05, 0.1) is 11.8 Å². The van der Waals surface area contributed by atoms with E-state index in [-0.39, 0.29) is 5.16 Å². The Balaban J connectivity index is 2.65. The van der Waals surface area contributed by atoms with Crippen LogP contribution in [0.3, 0.4) is 0 Å². The highest BCUT2D eigenvalue weighted by Crippen LogP contribution is 2.24. The Hall–Kier alpha value is -1.41. The second-order valence-electron chi connectivity index (χ2n) is 4.16. The second kappa shape index (κ2) is 4.93. The number of halogens is 1. The van der Waals surface area contributed by atoms with Crippen LogP contribution in [-0.2, 0) is 22.6 Å². The van der Waals surface area contributed by atoms with Gasteiger partial charge in [-0.3, -0.25) is 9.25 Å². The van der Waals surface area contributed by atoms with Gasteiger partial charge in [-0.15, -0.1) is 10.2 Å². The van der Waals surface area contributed by atoms with E-state index in [9.17, 15) is 8.42 Å². The van der Waals surface area contributed by atoms with Crippen LogP contribution in [0, 0.1) is 6.92 Å². The molecule has 2 rings (SSSR count). The molecule has 0 N–H and O–H groups in total. The smallest absolute Gasteiger partial charge is 0.296 e. The van der Waals surface area contributed by atoms with E-state index in [2.05, 4.69) is 15.3 Å². The lowest BCUT2D eigenvalue weighted by molar-refractivity contribution is 0.570. The summed E-state index contributed by atoms with van der Waals surface area (Å²) in [5.41, 5.74) is 1.62. The average molecular weight is 304 g/mol. The molecule has 0 aliphatic rings. The van der Waals surface area contributed by atoms with Crippen molar-refractivity contribution >= 4 is 19.7 Å². The van der Waals surface area contributed by atoms with E-state index in [0.29, 0.717) is 12.4 Å². The lowest BCUT2D eigenvalue weighted by Crippen LogP contribution is -2.08. The zero-order valence-electron chi connectivity index (χ0n) is 10.8. The van der Waals surface area contributed by atoms with Crippen LogP contribution in [0.25, 0.3) is 11.4 Å². The highest BCUT2D eigenvalue weighted by molar-refractivity contribution is 8.13. The minimum absolute atomic E-state index is 0.228. The Bertz CT molecular complexity index is 704. The monoisotopic (exact) mass is 303 g/mol. The first kappa shape index (κ1) is 14.0. The second-order valence-corrected chi connectivity index (χ2v) is 6.62. The molecule has 0 atom stereocenters. The Morgan fingerprint density at radius 1 is 1.37 bits per heavy atom. The minimum atomic E-state index is -3.91. The highest BCUT2D eigenvalue weighted by Gasteiger charge is 2.24.